The largest absolute Gasteiger partial charge is 0.497 e. The van der Waals surface area contributed by atoms with Crippen molar-refractivity contribution in [2.24, 2.45) is 0 Å². The first kappa shape index (κ1) is 22.6. The third-order valence-electron chi connectivity index (χ3n) is 5.23. The Hall–Kier alpha value is -3.59. The minimum absolute atomic E-state index is 0.0144. The predicted molar refractivity (Wildman–Crippen MR) is 127 cm³/mol. The molecule has 170 valence electrons. The van der Waals surface area contributed by atoms with Crippen LogP contribution in [-0.2, 0) is 0 Å². The van der Waals surface area contributed by atoms with E-state index in [9.17, 15) is 4.79 Å². The number of aryl methyl sites for hydroxylation is 1. The van der Waals surface area contributed by atoms with E-state index in [1.165, 1.54) is 11.8 Å². The van der Waals surface area contributed by atoms with Gasteiger partial charge in [-0.15, -0.1) is 5.10 Å². The number of rotatable bonds is 9. The number of hydrogen-bond acceptors (Lipinski definition) is 7. The number of Topliss-reactive ketones (excluding diaryl/α,β-unsaturated/α-hetero) is 1. The fraction of sp³-hybridized carbons (Fsp3) is 0.250. The Balaban J connectivity index is 1.54. The summed E-state index contributed by atoms with van der Waals surface area (Å²) in [6.07, 6.45) is 0. The molecule has 8 nitrogen and oxygen atoms in total. The molecule has 0 unspecified atom stereocenters. The number of hydrogen-bond donors (Lipinski definition) is 0. The van der Waals surface area contributed by atoms with Gasteiger partial charge < -0.3 is 14.0 Å². The van der Waals surface area contributed by atoms with E-state index in [-0.39, 0.29) is 11.5 Å². The van der Waals surface area contributed by atoms with Crippen LogP contribution in [0.3, 0.4) is 0 Å². The topological polar surface area (TPSA) is 84.1 Å². The first-order valence-corrected chi connectivity index (χ1v) is 11.5. The van der Waals surface area contributed by atoms with Crippen LogP contribution in [0.25, 0.3) is 11.4 Å². The molecular formula is C24H25N5O3S. The molecule has 0 saturated carbocycles. The first-order valence-electron chi connectivity index (χ1n) is 10.5. The van der Waals surface area contributed by atoms with Crippen molar-refractivity contribution in [3.63, 3.8) is 0 Å². The molecule has 0 atom stereocenters. The zero-order chi connectivity index (χ0) is 23.4. The Morgan fingerprint density at radius 2 is 1.85 bits per heavy atom. The molecule has 0 fully saturated rings. The zero-order valence-electron chi connectivity index (χ0n) is 19.0. The molecule has 0 aliphatic carbocycles. The molecule has 33 heavy (non-hydrogen) atoms. The van der Waals surface area contributed by atoms with Gasteiger partial charge in [0, 0.05) is 22.6 Å². The van der Waals surface area contributed by atoms with E-state index in [0.29, 0.717) is 23.1 Å². The Morgan fingerprint density at radius 1 is 1.09 bits per heavy atom. The third kappa shape index (κ3) is 4.63. The molecule has 4 rings (SSSR count). The van der Waals surface area contributed by atoms with Crippen LogP contribution < -0.4 is 9.47 Å². The van der Waals surface area contributed by atoms with Gasteiger partial charge >= 0.3 is 0 Å². The highest BCUT2D eigenvalue weighted by atomic mass is 32.2. The number of carbonyl (C=O) groups is 1. The zero-order valence-corrected chi connectivity index (χ0v) is 19.8. The van der Waals surface area contributed by atoms with Gasteiger partial charge in [0.05, 0.1) is 19.5 Å². The van der Waals surface area contributed by atoms with Crippen LogP contribution in [0.2, 0.25) is 0 Å². The van der Waals surface area contributed by atoms with Crippen molar-refractivity contribution in [1.29, 1.82) is 0 Å². The van der Waals surface area contributed by atoms with Crippen LogP contribution in [0.15, 0.2) is 59.8 Å². The van der Waals surface area contributed by atoms with E-state index in [1.54, 1.807) is 11.8 Å². The van der Waals surface area contributed by atoms with Crippen molar-refractivity contribution in [2.45, 2.75) is 25.9 Å². The van der Waals surface area contributed by atoms with Crippen LogP contribution in [0.5, 0.6) is 11.5 Å². The van der Waals surface area contributed by atoms with E-state index in [2.05, 4.69) is 20.1 Å². The highest BCUT2D eigenvalue weighted by Gasteiger charge is 2.19. The average molecular weight is 464 g/mol. The van der Waals surface area contributed by atoms with Gasteiger partial charge in [0.1, 0.15) is 17.2 Å². The molecule has 2 heterocycles. The van der Waals surface area contributed by atoms with Crippen molar-refractivity contribution in [3.8, 4) is 22.9 Å². The Bertz CT molecular complexity index is 1260. The lowest BCUT2D eigenvalue weighted by atomic mass is 10.2. The van der Waals surface area contributed by atoms with Crippen LogP contribution in [0.4, 0.5) is 0 Å². The van der Waals surface area contributed by atoms with Gasteiger partial charge in [-0.05, 0) is 73.7 Å². The third-order valence-corrected chi connectivity index (χ3v) is 6.15. The van der Waals surface area contributed by atoms with Crippen molar-refractivity contribution in [3.05, 3.63) is 71.5 Å². The molecule has 0 aliphatic heterocycles. The molecule has 0 amide bonds. The molecule has 0 spiro atoms. The van der Waals surface area contributed by atoms with Crippen molar-refractivity contribution < 1.29 is 14.3 Å². The SMILES string of the molecule is CCOc1ccccc1-n1nnnc1SCC(=O)c1cc(C)n(-c2ccc(OC)cc2)c1C. The molecule has 0 aliphatic rings. The summed E-state index contributed by atoms with van der Waals surface area (Å²) in [5.74, 6) is 1.70. The predicted octanol–water partition coefficient (Wildman–Crippen LogP) is 4.45. The normalized spacial score (nSPS) is 10.9. The lowest BCUT2D eigenvalue weighted by Crippen LogP contribution is -2.07. The molecule has 9 heteroatoms. The molecule has 4 aromatic rings. The number of benzene rings is 2. The summed E-state index contributed by atoms with van der Waals surface area (Å²) in [5.41, 5.74) is 4.28. The standard InChI is InChI=1S/C24H25N5O3S/c1-5-32-23-9-7-6-8-21(23)29-24(25-26-27-29)33-15-22(30)20-14-16(2)28(17(20)3)18-10-12-19(31-4)13-11-18/h6-14H,5,15H2,1-4H3. The molecule has 2 aromatic heterocycles. The second-order valence-electron chi connectivity index (χ2n) is 7.30. The minimum atomic E-state index is 0.0144. The number of ether oxygens (including phenoxy) is 2. The van der Waals surface area contributed by atoms with Crippen LogP contribution in [0.1, 0.15) is 28.7 Å². The fourth-order valence-electron chi connectivity index (χ4n) is 3.71. The summed E-state index contributed by atoms with van der Waals surface area (Å²) in [4.78, 5) is 13.1. The number of carbonyl (C=O) groups excluding carboxylic acids is 1. The molecule has 0 radical (unpaired) electrons. The number of tetrazole rings is 1. The second-order valence-corrected chi connectivity index (χ2v) is 8.25. The summed E-state index contributed by atoms with van der Waals surface area (Å²) < 4.78 is 14.6. The lowest BCUT2D eigenvalue weighted by Gasteiger charge is -2.11. The van der Waals surface area contributed by atoms with Gasteiger partial charge in [-0.2, -0.15) is 4.68 Å². The monoisotopic (exact) mass is 463 g/mol. The Kier molecular flexibility index (Phi) is 6.79. The summed E-state index contributed by atoms with van der Waals surface area (Å²) in [7, 11) is 1.64. The van der Waals surface area contributed by atoms with E-state index >= 15 is 0 Å². The van der Waals surface area contributed by atoms with Gasteiger partial charge in [0.2, 0.25) is 5.16 Å². The summed E-state index contributed by atoms with van der Waals surface area (Å²) in [5, 5.41) is 12.5. The van der Waals surface area contributed by atoms with E-state index in [4.69, 9.17) is 9.47 Å². The minimum Gasteiger partial charge on any atom is -0.497 e. The van der Waals surface area contributed by atoms with Crippen molar-refractivity contribution in [2.75, 3.05) is 19.5 Å². The summed E-state index contributed by atoms with van der Waals surface area (Å²) in [6, 6.07) is 17.2. The molecule has 0 N–H and O–H groups in total. The maximum absolute atomic E-state index is 13.1. The summed E-state index contributed by atoms with van der Waals surface area (Å²) in [6.45, 7) is 6.40. The molecule has 0 bridgehead atoms. The van der Waals surface area contributed by atoms with Gasteiger partial charge in [0.15, 0.2) is 5.78 Å². The molecule has 0 saturated heterocycles. The Labute approximate surface area is 196 Å². The number of methoxy groups -OCH3 is 1. The van der Waals surface area contributed by atoms with Gasteiger partial charge in [-0.1, -0.05) is 23.9 Å². The van der Waals surface area contributed by atoms with E-state index in [1.807, 2.05) is 75.4 Å². The number of thioether (sulfide) groups is 1. The maximum Gasteiger partial charge on any atom is 0.214 e. The van der Waals surface area contributed by atoms with Crippen LogP contribution in [-0.4, -0.2) is 50.0 Å². The molecule has 2 aromatic carbocycles. The maximum atomic E-state index is 13.1. The summed E-state index contributed by atoms with van der Waals surface area (Å²) >= 11 is 1.30. The van der Waals surface area contributed by atoms with Crippen molar-refractivity contribution >= 4 is 17.5 Å². The number of ketones is 1. The van der Waals surface area contributed by atoms with Crippen LogP contribution >= 0.6 is 11.8 Å². The number of para-hydroxylation sites is 2. The quantitative estimate of drug-likeness (QED) is 0.268. The van der Waals surface area contributed by atoms with Crippen LogP contribution in [0, 0.1) is 13.8 Å². The number of nitrogens with zero attached hydrogens (tertiary/aromatic N) is 5. The van der Waals surface area contributed by atoms with Crippen molar-refractivity contribution in [1.82, 2.24) is 24.8 Å². The van der Waals surface area contributed by atoms with Gasteiger partial charge in [0.25, 0.3) is 0 Å². The highest BCUT2D eigenvalue weighted by molar-refractivity contribution is 7.99. The molecular weight excluding hydrogens is 438 g/mol. The first-order chi connectivity index (χ1) is 16.0. The smallest absolute Gasteiger partial charge is 0.214 e. The average Bonchev–Trinajstić information content (AvgIpc) is 3.42. The van der Waals surface area contributed by atoms with Gasteiger partial charge in [-0.25, -0.2) is 0 Å². The van der Waals surface area contributed by atoms with E-state index in [0.717, 1.165) is 28.5 Å². The second kappa shape index (κ2) is 9.91. The fourth-order valence-corrected chi connectivity index (χ4v) is 4.48. The highest BCUT2D eigenvalue weighted by Crippen LogP contribution is 2.28. The number of aromatic nitrogens is 5. The lowest BCUT2D eigenvalue weighted by molar-refractivity contribution is 0.102. The van der Waals surface area contributed by atoms with Gasteiger partial charge in [-0.3, -0.25) is 4.79 Å². The van der Waals surface area contributed by atoms with E-state index < -0.39 is 0 Å². The Morgan fingerprint density at radius 3 is 2.58 bits per heavy atom.